The summed E-state index contributed by atoms with van der Waals surface area (Å²) in [6.07, 6.45) is 1.61. The molecule has 7 nitrogen and oxygen atoms in total. The summed E-state index contributed by atoms with van der Waals surface area (Å²) in [5.74, 6) is 0.0637. The average molecular weight is 587 g/mol. The van der Waals surface area contributed by atoms with Gasteiger partial charge >= 0.3 is 0 Å². The number of carbonyl (C=O) groups is 3. The minimum Gasteiger partial charge on any atom is -0.490 e. The fourth-order valence-corrected chi connectivity index (χ4v) is 5.35. The third-order valence-corrected chi connectivity index (χ3v) is 7.57. The lowest BCUT2D eigenvalue weighted by Gasteiger charge is -2.14. The van der Waals surface area contributed by atoms with Crippen molar-refractivity contribution in [1.82, 2.24) is 4.90 Å². The number of aryl methyl sites for hydroxylation is 1. The number of hydrogen-bond donors (Lipinski definition) is 1. The molecule has 1 heterocycles. The maximum Gasteiger partial charge on any atom is 0.294 e. The summed E-state index contributed by atoms with van der Waals surface area (Å²) in [5, 5.41) is 4.97. The zero-order valence-corrected chi connectivity index (χ0v) is 24.1. The molecule has 0 atom stereocenters. The van der Waals surface area contributed by atoms with E-state index in [0.29, 0.717) is 41.0 Å². The number of imide groups is 1. The molecule has 5 rings (SSSR count). The first kappa shape index (κ1) is 28.3. The molecule has 0 bridgehead atoms. The summed E-state index contributed by atoms with van der Waals surface area (Å²) < 4.78 is 11.9. The zero-order chi connectivity index (χ0) is 28.9. The highest BCUT2D eigenvalue weighted by Crippen LogP contribution is 2.35. The van der Waals surface area contributed by atoms with E-state index in [1.807, 2.05) is 32.0 Å². The van der Waals surface area contributed by atoms with Gasteiger partial charge in [0.25, 0.3) is 11.1 Å². The van der Waals surface area contributed by atoms with Crippen molar-refractivity contribution >= 4 is 63.0 Å². The van der Waals surface area contributed by atoms with Crippen molar-refractivity contribution in [2.45, 2.75) is 20.5 Å². The summed E-state index contributed by atoms with van der Waals surface area (Å²) in [6.45, 7) is 4.08. The van der Waals surface area contributed by atoms with Crippen LogP contribution in [0.1, 0.15) is 23.6 Å². The van der Waals surface area contributed by atoms with Gasteiger partial charge in [-0.05, 0) is 89.5 Å². The van der Waals surface area contributed by atoms with E-state index >= 15 is 0 Å². The standard InChI is InChI=1S/C32H27ClN2O5S/c1-3-39-28-15-21(10-13-27(28)40-19-22-9-11-23-6-4-5-7-24(23)14-22)16-29-31(37)35(32(38)41-29)18-30(36)34-26-17-25(33)12-8-20(26)2/h4-17H,3,18-19H2,1-2H3,(H,34,36)/b29-16+. The summed E-state index contributed by atoms with van der Waals surface area (Å²) >= 11 is 6.81. The van der Waals surface area contributed by atoms with Crippen LogP contribution in [0.3, 0.4) is 0 Å². The summed E-state index contributed by atoms with van der Waals surface area (Å²) in [4.78, 5) is 39.4. The topological polar surface area (TPSA) is 84.9 Å². The first-order chi connectivity index (χ1) is 19.8. The van der Waals surface area contributed by atoms with Gasteiger partial charge < -0.3 is 14.8 Å². The van der Waals surface area contributed by atoms with E-state index in [2.05, 4.69) is 29.6 Å². The Hall–Kier alpha value is -4.27. The fraction of sp³-hybridized carbons (Fsp3) is 0.156. The Morgan fingerprint density at radius 1 is 0.951 bits per heavy atom. The maximum absolute atomic E-state index is 13.0. The Labute approximate surface area is 247 Å². The Kier molecular flexibility index (Phi) is 8.61. The highest BCUT2D eigenvalue weighted by Gasteiger charge is 2.36. The third-order valence-electron chi connectivity index (χ3n) is 6.42. The van der Waals surface area contributed by atoms with E-state index in [4.69, 9.17) is 21.1 Å². The molecule has 0 spiro atoms. The van der Waals surface area contributed by atoms with Crippen LogP contribution in [0.5, 0.6) is 11.5 Å². The number of hydrogen-bond acceptors (Lipinski definition) is 6. The van der Waals surface area contributed by atoms with Crippen molar-refractivity contribution in [3.05, 3.63) is 105 Å². The van der Waals surface area contributed by atoms with Gasteiger partial charge in [-0.15, -0.1) is 0 Å². The van der Waals surface area contributed by atoms with E-state index in [1.165, 1.54) is 0 Å². The number of fused-ring (bicyclic) bond motifs is 1. The van der Waals surface area contributed by atoms with Crippen molar-refractivity contribution < 1.29 is 23.9 Å². The van der Waals surface area contributed by atoms with Gasteiger partial charge in [-0.2, -0.15) is 0 Å². The van der Waals surface area contributed by atoms with E-state index in [-0.39, 0.29) is 4.91 Å². The average Bonchev–Trinajstić information content (AvgIpc) is 3.21. The molecule has 1 aliphatic heterocycles. The number of thioether (sulfide) groups is 1. The van der Waals surface area contributed by atoms with Gasteiger partial charge in [-0.1, -0.05) is 60.1 Å². The smallest absolute Gasteiger partial charge is 0.294 e. The second kappa shape index (κ2) is 12.5. The van der Waals surface area contributed by atoms with Crippen LogP contribution in [0.2, 0.25) is 5.02 Å². The van der Waals surface area contributed by atoms with E-state index in [0.717, 1.165) is 38.6 Å². The largest absolute Gasteiger partial charge is 0.490 e. The predicted octanol–water partition coefficient (Wildman–Crippen LogP) is 7.45. The SMILES string of the molecule is CCOc1cc(/C=C2/SC(=O)N(CC(=O)Nc3cc(Cl)ccc3C)C2=O)ccc1OCc1ccc2ccccc2c1. The zero-order valence-electron chi connectivity index (χ0n) is 22.5. The van der Waals surface area contributed by atoms with Gasteiger partial charge in [0.2, 0.25) is 5.91 Å². The van der Waals surface area contributed by atoms with Crippen LogP contribution >= 0.6 is 23.4 Å². The van der Waals surface area contributed by atoms with Crippen LogP contribution in [0.4, 0.5) is 10.5 Å². The van der Waals surface area contributed by atoms with Crippen LogP contribution in [0.25, 0.3) is 16.8 Å². The molecular weight excluding hydrogens is 560 g/mol. The minimum atomic E-state index is -0.535. The summed E-state index contributed by atoms with van der Waals surface area (Å²) in [6, 6.07) is 24.8. The highest BCUT2D eigenvalue weighted by molar-refractivity contribution is 8.18. The normalized spacial score (nSPS) is 14.1. The molecule has 4 aromatic carbocycles. The molecular formula is C32H27ClN2O5S. The molecule has 4 aromatic rings. The molecule has 0 radical (unpaired) electrons. The quantitative estimate of drug-likeness (QED) is 0.205. The number of carbonyl (C=O) groups excluding carboxylic acids is 3. The van der Waals surface area contributed by atoms with Gasteiger partial charge in [0.05, 0.1) is 11.5 Å². The number of benzene rings is 4. The first-order valence-corrected chi connectivity index (χ1v) is 14.2. The molecule has 208 valence electrons. The summed E-state index contributed by atoms with van der Waals surface area (Å²) in [7, 11) is 0. The van der Waals surface area contributed by atoms with Crippen molar-refractivity contribution in [3.8, 4) is 11.5 Å². The number of ether oxygens (including phenoxy) is 2. The molecule has 0 aliphatic carbocycles. The molecule has 9 heteroatoms. The van der Waals surface area contributed by atoms with E-state index in [9.17, 15) is 14.4 Å². The van der Waals surface area contributed by atoms with Gasteiger partial charge in [0.1, 0.15) is 13.2 Å². The van der Waals surface area contributed by atoms with Crippen molar-refractivity contribution in [3.63, 3.8) is 0 Å². The van der Waals surface area contributed by atoms with Crippen LogP contribution in [0, 0.1) is 6.92 Å². The van der Waals surface area contributed by atoms with E-state index < -0.39 is 23.6 Å². The molecule has 1 N–H and O–H groups in total. The lowest BCUT2D eigenvalue weighted by atomic mass is 10.1. The van der Waals surface area contributed by atoms with Gasteiger partial charge in [-0.3, -0.25) is 19.3 Å². The Morgan fingerprint density at radius 3 is 2.56 bits per heavy atom. The molecule has 3 amide bonds. The number of rotatable bonds is 9. The van der Waals surface area contributed by atoms with Crippen LogP contribution in [-0.2, 0) is 16.2 Å². The van der Waals surface area contributed by atoms with Crippen molar-refractivity contribution in [1.29, 1.82) is 0 Å². The Bertz CT molecular complexity index is 1690. The van der Waals surface area contributed by atoms with Crippen molar-refractivity contribution in [2.24, 2.45) is 0 Å². The lowest BCUT2D eigenvalue weighted by molar-refractivity contribution is -0.127. The molecule has 1 saturated heterocycles. The second-order valence-electron chi connectivity index (χ2n) is 9.38. The Balaban J connectivity index is 1.27. The number of amides is 3. The highest BCUT2D eigenvalue weighted by atomic mass is 35.5. The number of nitrogens with zero attached hydrogens (tertiary/aromatic N) is 1. The minimum absolute atomic E-state index is 0.217. The Morgan fingerprint density at radius 2 is 1.76 bits per heavy atom. The van der Waals surface area contributed by atoms with Crippen LogP contribution in [-0.4, -0.2) is 35.1 Å². The maximum atomic E-state index is 13.0. The van der Waals surface area contributed by atoms with Crippen LogP contribution < -0.4 is 14.8 Å². The second-order valence-corrected chi connectivity index (χ2v) is 10.8. The molecule has 41 heavy (non-hydrogen) atoms. The van der Waals surface area contributed by atoms with E-state index in [1.54, 1.807) is 42.5 Å². The van der Waals surface area contributed by atoms with Gasteiger partial charge in [0.15, 0.2) is 11.5 Å². The van der Waals surface area contributed by atoms with Crippen LogP contribution in [0.15, 0.2) is 83.8 Å². The lowest BCUT2D eigenvalue weighted by Crippen LogP contribution is -2.36. The van der Waals surface area contributed by atoms with Crippen molar-refractivity contribution in [2.75, 3.05) is 18.5 Å². The van der Waals surface area contributed by atoms with Gasteiger partial charge in [0, 0.05) is 10.7 Å². The predicted molar refractivity (Wildman–Crippen MR) is 163 cm³/mol. The third kappa shape index (κ3) is 6.73. The molecule has 0 unspecified atom stereocenters. The molecule has 1 aliphatic rings. The number of nitrogens with one attached hydrogen (secondary N) is 1. The fourth-order valence-electron chi connectivity index (χ4n) is 4.34. The molecule has 1 fully saturated rings. The monoisotopic (exact) mass is 586 g/mol. The van der Waals surface area contributed by atoms with Gasteiger partial charge in [-0.25, -0.2) is 0 Å². The summed E-state index contributed by atoms with van der Waals surface area (Å²) in [5.41, 5.74) is 3.03. The molecule has 0 saturated carbocycles. The first-order valence-electron chi connectivity index (χ1n) is 13.0. The number of anilines is 1. The number of halogens is 1. The molecule has 0 aromatic heterocycles.